The number of nitrogens with two attached hydrogens (primary N) is 1. The molecule has 0 fully saturated rings. The fourth-order valence-corrected chi connectivity index (χ4v) is 2.22. The molecule has 3 nitrogen and oxygen atoms in total. The molecule has 1 amide bonds. The Bertz CT molecular complexity index is 231. The standard InChI is InChI=1S/C12H24N2OS/c1-5-14(7-10(2)3)12(15)9-16-8-11(4)6-13/h11H,2,5-9,13H2,1,3-4H3. The van der Waals surface area contributed by atoms with Gasteiger partial charge in [-0.05, 0) is 32.1 Å². The summed E-state index contributed by atoms with van der Waals surface area (Å²) in [7, 11) is 0. The highest BCUT2D eigenvalue weighted by atomic mass is 32.2. The fourth-order valence-electron chi connectivity index (χ4n) is 1.21. The maximum Gasteiger partial charge on any atom is 0.232 e. The Morgan fingerprint density at radius 1 is 1.56 bits per heavy atom. The minimum absolute atomic E-state index is 0.194. The van der Waals surface area contributed by atoms with Crippen LogP contribution in [0.5, 0.6) is 0 Å². The molecule has 1 atom stereocenters. The molecule has 1 unspecified atom stereocenters. The number of rotatable bonds is 8. The quantitative estimate of drug-likeness (QED) is 0.662. The van der Waals surface area contributed by atoms with Crippen molar-refractivity contribution >= 4 is 17.7 Å². The molecular weight excluding hydrogens is 220 g/mol. The van der Waals surface area contributed by atoms with Crippen molar-refractivity contribution in [2.45, 2.75) is 20.8 Å². The van der Waals surface area contributed by atoms with Crippen LogP contribution in [0, 0.1) is 5.92 Å². The van der Waals surface area contributed by atoms with Gasteiger partial charge in [-0.1, -0.05) is 19.1 Å². The molecule has 0 aromatic rings. The van der Waals surface area contributed by atoms with E-state index in [-0.39, 0.29) is 5.91 Å². The normalized spacial score (nSPS) is 12.2. The van der Waals surface area contributed by atoms with Crippen LogP contribution in [0.15, 0.2) is 12.2 Å². The molecule has 0 saturated carbocycles. The zero-order chi connectivity index (χ0) is 12.6. The SMILES string of the molecule is C=C(C)CN(CC)C(=O)CSCC(C)CN. The molecule has 0 spiro atoms. The van der Waals surface area contributed by atoms with Crippen molar-refractivity contribution in [3.63, 3.8) is 0 Å². The molecule has 0 aliphatic heterocycles. The summed E-state index contributed by atoms with van der Waals surface area (Å²) in [6, 6.07) is 0. The molecule has 0 bridgehead atoms. The summed E-state index contributed by atoms with van der Waals surface area (Å²) in [4.78, 5) is 13.6. The molecule has 0 saturated heterocycles. The van der Waals surface area contributed by atoms with Gasteiger partial charge in [0.15, 0.2) is 0 Å². The average Bonchev–Trinajstić information content (AvgIpc) is 2.24. The van der Waals surface area contributed by atoms with Crippen LogP contribution < -0.4 is 5.73 Å². The van der Waals surface area contributed by atoms with Crippen LogP contribution in [0.1, 0.15) is 20.8 Å². The van der Waals surface area contributed by atoms with Crippen molar-refractivity contribution < 1.29 is 4.79 Å². The third kappa shape index (κ3) is 6.90. The van der Waals surface area contributed by atoms with Crippen molar-refractivity contribution in [1.29, 1.82) is 0 Å². The van der Waals surface area contributed by atoms with Crippen LogP contribution >= 0.6 is 11.8 Å². The number of hydrogen-bond acceptors (Lipinski definition) is 3. The first-order chi connectivity index (χ1) is 7.51. The zero-order valence-corrected chi connectivity index (χ0v) is 11.5. The molecule has 2 N–H and O–H groups in total. The monoisotopic (exact) mass is 244 g/mol. The number of likely N-dealkylation sites (N-methyl/N-ethyl adjacent to an activating group) is 1. The Labute approximate surface area is 103 Å². The fraction of sp³-hybridized carbons (Fsp3) is 0.750. The van der Waals surface area contributed by atoms with Crippen LogP contribution in [0.25, 0.3) is 0 Å². The number of hydrogen-bond donors (Lipinski definition) is 1. The van der Waals surface area contributed by atoms with E-state index in [4.69, 9.17) is 5.73 Å². The number of carbonyl (C=O) groups is 1. The number of carbonyl (C=O) groups excluding carboxylic acids is 1. The average molecular weight is 244 g/mol. The summed E-state index contributed by atoms with van der Waals surface area (Å²) < 4.78 is 0. The van der Waals surface area contributed by atoms with Gasteiger partial charge in [0.2, 0.25) is 5.91 Å². The lowest BCUT2D eigenvalue weighted by atomic mass is 10.2. The van der Waals surface area contributed by atoms with Gasteiger partial charge in [-0.25, -0.2) is 0 Å². The largest absolute Gasteiger partial charge is 0.338 e. The lowest BCUT2D eigenvalue weighted by Crippen LogP contribution is -2.33. The third-order valence-corrected chi connectivity index (χ3v) is 3.48. The van der Waals surface area contributed by atoms with Gasteiger partial charge in [0.1, 0.15) is 0 Å². The Morgan fingerprint density at radius 2 is 2.19 bits per heavy atom. The second kappa shape index (κ2) is 8.65. The lowest BCUT2D eigenvalue weighted by Gasteiger charge is -2.21. The highest BCUT2D eigenvalue weighted by molar-refractivity contribution is 7.99. The van der Waals surface area contributed by atoms with Crippen LogP contribution in [0.3, 0.4) is 0 Å². The van der Waals surface area contributed by atoms with Crippen molar-refractivity contribution in [3.05, 3.63) is 12.2 Å². The zero-order valence-electron chi connectivity index (χ0n) is 10.7. The predicted octanol–water partition coefficient (Wildman–Crippen LogP) is 1.74. The van der Waals surface area contributed by atoms with E-state index < -0.39 is 0 Å². The number of nitrogens with zero attached hydrogens (tertiary/aromatic N) is 1. The van der Waals surface area contributed by atoms with Gasteiger partial charge in [-0.15, -0.1) is 0 Å². The highest BCUT2D eigenvalue weighted by Crippen LogP contribution is 2.09. The molecule has 0 aliphatic rings. The molecule has 0 aliphatic carbocycles. The minimum atomic E-state index is 0.194. The Morgan fingerprint density at radius 3 is 2.62 bits per heavy atom. The molecular formula is C12H24N2OS. The van der Waals surface area contributed by atoms with Crippen molar-refractivity contribution in [2.75, 3.05) is 31.1 Å². The van der Waals surface area contributed by atoms with E-state index >= 15 is 0 Å². The van der Waals surface area contributed by atoms with E-state index in [2.05, 4.69) is 13.5 Å². The maximum atomic E-state index is 11.8. The number of amides is 1. The Hall–Kier alpha value is -0.480. The Kier molecular flexibility index (Phi) is 8.39. The first-order valence-electron chi connectivity index (χ1n) is 5.71. The molecule has 0 aromatic heterocycles. The summed E-state index contributed by atoms with van der Waals surface area (Å²) >= 11 is 1.66. The first kappa shape index (κ1) is 15.5. The molecule has 0 aromatic carbocycles. The predicted molar refractivity (Wildman–Crippen MR) is 72.6 cm³/mol. The smallest absolute Gasteiger partial charge is 0.232 e. The highest BCUT2D eigenvalue weighted by Gasteiger charge is 2.11. The topological polar surface area (TPSA) is 46.3 Å². The summed E-state index contributed by atoms with van der Waals surface area (Å²) in [5.41, 5.74) is 6.54. The van der Waals surface area contributed by atoms with Gasteiger partial charge in [0.25, 0.3) is 0 Å². The van der Waals surface area contributed by atoms with Crippen molar-refractivity contribution in [2.24, 2.45) is 11.7 Å². The molecule has 0 rings (SSSR count). The molecule has 0 heterocycles. The Balaban J connectivity index is 3.88. The van der Waals surface area contributed by atoms with Gasteiger partial charge in [0.05, 0.1) is 5.75 Å². The van der Waals surface area contributed by atoms with Gasteiger partial charge in [-0.2, -0.15) is 11.8 Å². The van der Waals surface area contributed by atoms with E-state index in [9.17, 15) is 4.79 Å². The van der Waals surface area contributed by atoms with Crippen LogP contribution in [-0.4, -0.2) is 41.9 Å². The molecule has 16 heavy (non-hydrogen) atoms. The van der Waals surface area contributed by atoms with E-state index in [0.717, 1.165) is 17.9 Å². The van der Waals surface area contributed by atoms with Crippen LogP contribution in [0.4, 0.5) is 0 Å². The summed E-state index contributed by atoms with van der Waals surface area (Å²) in [6.45, 7) is 12.0. The van der Waals surface area contributed by atoms with E-state index in [1.807, 2.05) is 18.7 Å². The number of thioether (sulfide) groups is 1. The molecule has 94 valence electrons. The molecule has 4 heteroatoms. The lowest BCUT2D eigenvalue weighted by molar-refractivity contribution is -0.127. The van der Waals surface area contributed by atoms with Crippen LogP contribution in [0.2, 0.25) is 0 Å². The van der Waals surface area contributed by atoms with Crippen LogP contribution in [-0.2, 0) is 4.79 Å². The summed E-state index contributed by atoms with van der Waals surface area (Å²) in [5.74, 6) is 2.17. The minimum Gasteiger partial charge on any atom is -0.338 e. The van der Waals surface area contributed by atoms with E-state index in [1.54, 1.807) is 11.8 Å². The third-order valence-electron chi connectivity index (χ3n) is 2.23. The molecule has 0 radical (unpaired) electrons. The summed E-state index contributed by atoms with van der Waals surface area (Å²) in [5, 5.41) is 0. The van der Waals surface area contributed by atoms with E-state index in [1.165, 1.54) is 0 Å². The van der Waals surface area contributed by atoms with E-state index in [0.29, 0.717) is 24.8 Å². The van der Waals surface area contributed by atoms with Crippen molar-refractivity contribution in [1.82, 2.24) is 4.90 Å². The second-order valence-corrected chi connectivity index (χ2v) is 5.25. The summed E-state index contributed by atoms with van der Waals surface area (Å²) in [6.07, 6.45) is 0. The van der Waals surface area contributed by atoms with Gasteiger partial charge >= 0.3 is 0 Å². The first-order valence-corrected chi connectivity index (χ1v) is 6.86. The van der Waals surface area contributed by atoms with Gasteiger partial charge in [-0.3, -0.25) is 4.79 Å². The second-order valence-electron chi connectivity index (χ2n) is 4.22. The van der Waals surface area contributed by atoms with Crippen molar-refractivity contribution in [3.8, 4) is 0 Å². The van der Waals surface area contributed by atoms with Gasteiger partial charge < -0.3 is 10.6 Å². The maximum absolute atomic E-state index is 11.8. The van der Waals surface area contributed by atoms with Gasteiger partial charge in [0, 0.05) is 13.1 Å².